The van der Waals surface area contributed by atoms with Gasteiger partial charge >= 0.3 is 0 Å². The van der Waals surface area contributed by atoms with Crippen molar-refractivity contribution in [2.45, 2.75) is 13.0 Å². The summed E-state index contributed by atoms with van der Waals surface area (Å²) in [6.45, 7) is 1.85. The molecule has 0 saturated heterocycles. The van der Waals surface area contributed by atoms with Crippen LogP contribution < -0.4 is 5.73 Å². The molecule has 2 aromatic heterocycles. The van der Waals surface area contributed by atoms with Crippen LogP contribution in [-0.4, -0.2) is 30.9 Å². The lowest BCUT2D eigenvalue weighted by molar-refractivity contribution is 0.0695. The number of hydrogen-bond donors (Lipinski definition) is 1. The molecule has 0 saturated carbocycles. The highest BCUT2D eigenvalue weighted by molar-refractivity contribution is 6.10. The van der Waals surface area contributed by atoms with Crippen LogP contribution in [0, 0.1) is 0 Å². The van der Waals surface area contributed by atoms with E-state index in [2.05, 4.69) is 25.7 Å². The van der Waals surface area contributed by atoms with E-state index in [-0.39, 0.29) is 6.10 Å². The second kappa shape index (κ2) is 6.86. The van der Waals surface area contributed by atoms with Crippen molar-refractivity contribution in [2.75, 3.05) is 5.73 Å². The van der Waals surface area contributed by atoms with Crippen molar-refractivity contribution in [3.63, 3.8) is 0 Å². The highest BCUT2D eigenvalue weighted by Crippen LogP contribution is 2.17. The predicted octanol–water partition coefficient (Wildman–Crippen LogP) is 1.72. The molecule has 122 valence electrons. The third-order valence-electron chi connectivity index (χ3n) is 3.39. The molecule has 0 amide bonds. The van der Waals surface area contributed by atoms with Gasteiger partial charge in [-0.05, 0) is 29.5 Å². The second-order valence-electron chi connectivity index (χ2n) is 5.17. The van der Waals surface area contributed by atoms with E-state index < -0.39 is 0 Å². The van der Waals surface area contributed by atoms with Gasteiger partial charge in [0.1, 0.15) is 5.82 Å². The average Bonchev–Trinajstić information content (AvgIpc) is 3.02. The Morgan fingerprint density at radius 1 is 1.17 bits per heavy atom. The number of benzene rings is 1. The van der Waals surface area contributed by atoms with Gasteiger partial charge in [0, 0.05) is 12.6 Å². The molecule has 2 heterocycles. The molecule has 1 aromatic carbocycles. The minimum Gasteiger partial charge on any atom is -0.386 e. The number of aromatic nitrogens is 5. The molecule has 2 N–H and O–H groups in total. The predicted molar refractivity (Wildman–Crippen MR) is 89.0 cm³/mol. The van der Waals surface area contributed by atoms with Gasteiger partial charge < -0.3 is 10.6 Å². The number of aryl methyl sites for hydroxylation is 1. The van der Waals surface area contributed by atoms with Gasteiger partial charge in [0.25, 0.3) is 0 Å². The number of rotatable bonds is 5. The molecule has 0 fully saturated rings. The van der Waals surface area contributed by atoms with Crippen LogP contribution in [0.3, 0.4) is 0 Å². The van der Waals surface area contributed by atoms with Crippen molar-refractivity contribution in [1.82, 2.24) is 25.2 Å². The highest BCUT2D eigenvalue weighted by atomic mass is 16.6. The van der Waals surface area contributed by atoms with E-state index in [0.29, 0.717) is 23.0 Å². The van der Waals surface area contributed by atoms with Crippen molar-refractivity contribution in [3.8, 4) is 0 Å². The van der Waals surface area contributed by atoms with Gasteiger partial charge in [-0.2, -0.15) is 0 Å². The molecule has 0 bridgehead atoms. The van der Waals surface area contributed by atoms with Crippen LogP contribution in [-0.2, 0) is 11.9 Å². The molecule has 0 spiro atoms. The molecule has 1 atom stereocenters. The van der Waals surface area contributed by atoms with E-state index in [4.69, 9.17) is 10.6 Å². The summed E-state index contributed by atoms with van der Waals surface area (Å²) in [6.07, 6.45) is -0.367. The fourth-order valence-electron chi connectivity index (χ4n) is 2.13. The Morgan fingerprint density at radius 3 is 2.62 bits per heavy atom. The maximum Gasteiger partial charge on any atom is 0.204 e. The van der Waals surface area contributed by atoms with E-state index in [0.717, 1.165) is 5.56 Å². The summed E-state index contributed by atoms with van der Waals surface area (Å²) in [7, 11) is 1.75. The Morgan fingerprint density at radius 2 is 1.96 bits per heavy atom. The number of nitrogen functional groups attached to an aromatic ring is 1. The Labute approximate surface area is 139 Å². The molecule has 0 aliphatic carbocycles. The lowest BCUT2D eigenvalue weighted by Gasteiger charge is -2.11. The van der Waals surface area contributed by atoms with Gasteiger partial charge in [0.05, 0.1) is 5.69 Å². The van der Waals surface area contributed by atoms with Gasteiger partial charge in [-0.25, -0.2) is 9.67 Å². The standard InChI is InChI=1S/C16H17N7O/c1-11(13-9-6-10-14(17)18-13)24-20-15(12-7-4-3-5-8-12)16-19-21-22-23(16)2/h3-11H,1-2H3,(H2,17,18)/b20-15-. The summed E-state index contributed by atoms with van der Waals surface area (Å²) in [6, 6.07) is 15.0. The van der Waals surface area contributed by atoms with Crippen molar-refractivity contribution in [2.24, 2.45) is 12.2 Å². The molecule has 3 aromatic rings. The SMILES string of the molecule is CC(O/N=C(/c1ccccc1)c1nnnn1C)c1cccc(N)n1. The average molecular weight is 323 g/mol. The van der Waals surface area contributed by atoms with E-state index in [1.54, 1.807) is 17.8 Å². The van der Waals surface area contributed by atoms with Gasteiger partial charge in [0.15, 0.2) is 11.8 Å². The first-order valence-electron chi connectivity index (χ1n) is 7.39. The fourth-order valence-corrected chi connectivity index (χ4v) is 2.13. The summed E-state index contributed by atoms with van der Waals surface area (Å²) in [4.78, 5) is 9.88. The number of hydrogen-bond acceptors (Lipinski definition) is 7. The first-order valence-corrected chi connectivity index (χ1v) is 7.39. The monoisotopic (exact) mass is 323 g/mol. The van der Waals surface area contributed by atoms with Crippen molar-refractivity contribution < 1.29 is 4.84 Å². The highest BCUT2D eigenvalue weighted by Gasteiger charge is 2.16. The maximum absolute atomic E-state index is 5.71. The molecule has 1 unspecified atom stereocenters. The first kappa shape index (κ1) is 15.6. The van der Waals surface area contributed by atoms with Gasteiger partial charge in [-0.1, -0.05) is 41.6 Å². The fraction of sp³-hybridized carbons (Fsp3) is 0.188. The molecule has 0 aliphatic heterocycles. The molecule has 0 aliphatic rings. The van der Waals surface area contributed by atoms with Crippen LogP contribution in [0.1, 0.15) is 30.1 Å². The second-order valence-corrected chi connectivity index (χ2v) is 5.17. The number of anilines is 1. The molecular formula is C16H17N7O. The first-order chi connectivity index (χ1) is 11.6. The summed E-state index contributed by atoms with van der Waals surface area (Å²) in [5.74, 6) is 0.946. The third-order valence-corrected chi connectivity index (χ3v) is 3.39. The number of nitrogens with zero attached hydrogens (tertiary/aromatic N) is 6. The van der Waals surface area contributed by atoms with Crippen LogP contribution in [0.4, 0.5) is 5.82 Å². The minimum atomic E-state index is -0.367. The van der Waals surface area contributed by atoms with Gasteiger partial charge in [-0.15, -0.1) is 5.10 Å². The van der Waals surface area contributed by atoms with Crippen LogP contribution in [0.5, 0.6) is 0 Å². The molecular weight excluding hydrogens is 306 g/mol. The van der Waals surface area contributed by atoms with Crippen LogP contribution in [0.2, 0.25) is 0 Å². The molecule has 24 heavy (non-hydrogen) atoms. The van der Waals surface area contributed by atoms with E-state index in [1.807, 2.05) is 49.4 Å². The normalized spacial score (nSPS) is 12.8. The number of oxime groups is 1. The Kier molecular flexibility index (Phi) is 4.46. The third kappa shape index (κ3) is 3.37. The van der Waals surface area contributed by atoms with Crippen molar-refractivity contribution in [1.29, 1.82) is 0 Å². The van der Waals surface area contributed by atoms with Gasteiger partial charge in [-0.3, -0.25) is 0 Å². The Balaban J connectivity index is 1.91. The summed E-state index contributed by atoms with van der Waals surface area (Å²) >= 11 is 0. The largest absolute Gasteiger partial charge is 0.386 e. The zero-order valence-electron chi connectivity index (χ0n) is 13.4. The lowest BCUT2D eigenvalue weighted by Crippen LogP contribution is -2.12. The van der Waals surface area contributed by atoms with Crippen molar-refractivity contribution in [3.05, 3.63) is 65.6 Å². The maximum atomic E-state index is 5.71. The topological polar surface area (TPSA) is 104 Å². The molecule has 3 rings (SSSR count). The van der Waals surface area contributed by atoms with Crippen LogP contribution >= 0.6 is 0 Å². The summed E-state index contributed by atoms with van der Waals surface area (Å²) in [5, 5.41) is 15.8. The quantitative estimate of drug-likeness (QED) is 0.566. The molecule has 8 heteroatoms. The number of pyridine rings is 1. The van der Waals surface area contributed by atoms with Crippen LogP contribution in [0.25, 0.3) is 0 Å². The zero-order valence-corrected chi connectivity index (χ0v) is 13.4. The smallest absolute Gasteiger partial charge is 0.204 e. The van der Waals surface area contributed by atoms with E-state index in [9.17, 15) is 0 Å². The Hall–Kier alpha value is -3.29. The van der Waals surface area contributed by atoms with E-state index >= 15 is 0 Å². The lowest BCUT2D eigenvalue weighted by atomic mass is 10.1. The summed E-state index contributed by atoms with van der Waals surface area (Å²) in [5.41, 5.74) is 7.80. The van der Waals surface area contributed by atoms with Crippen molar-refractivity contribution >= 4 is 11.5 Å². The van der Waals surface area contributed by atoms with Gasteiger partial charge in [0.2, 0.25) is 5.82 Å². The Bertz CT molecular complexity index is 844. The van der Waals surface area contributed by atoms with Crippen LogP contribution in [0.15, 0.2) is 53.7 Å². The number of tetrazole rings is 1. The summed E-state index contributed by atoms with van der Waals surface area (Å²) < 4.78 is 1.54. The number of nitrogens with two attached hydrogens (primary N) is 1. The molecule has 0 radical (unpaired) electrons. The molecule has 8 nitrogen and oxygen atoms in total. The van der Waals surface area contributed by atoms with E-state index in [1.165, 1.54) is 0 Å². The zero-order chi connectivity index (χ0) is 16.9. The minimum absolute atomic E-state index is 0.367.